The van der Waals surface area contributed by atoms with Crippen LogP contribution in [-0.4, -0.2) is 50.4 Å². The summed E-state index contributed by atoms with van der Waals surface area (Å²) in [6.07, 6.45) is 1.23. The summed E-state index contributed by atoms with van der Waals surface area (Å²) < 4.78 is 0. The van der Waals surface area contributed by atoms with Crippen molar-refractivity contribution in [1.29, 1.82) is 0 Å². The molecule has 1 aliphatic heterocycles. The molecule has 0 aromatic heterocycles. The molecule has 100 valence electrons. The van der Waals surface area contributed by atoms with Crippen LogP contribution in [-0.2, 0) is 9.59 Å². The fourth-order valence-corrected chi connectivity index (χ4v) is 1.96. The number of hydrogen-bond donors (Lipinski definition) is 2. The summed E-state index contributed by atoms with van der Waals surface area (Å²) in [7, 11) is 3.36. The predicted octanol–water partition coefficient (Wildman–Crippen LogP) is 0.00230. The summed E-state index contributed by atoms with van der Waals surface area (Å²) in [4.78, 5) is 24.9. The van der Waals surface area contributed by atoms with Gasteiger partial charge in [-0.1, -0.05) is 0 Å². The maximum Gasteiger partial charge on any atom is 0.229 e. The fourth-order valence-electron chi connectivity index (χ4n) is 1.96. The molecule has 0 radical (unpaired) electrons. The first-order valence-corrected chi connectivity index (χ1v) is 5.66. The Kier molecular flexibility index (Phi) is 6.49. The monoisotopic (exact) mass is 263 g/mol. The molecule has 1 heterocycles. The Hall–Kier alpha value is -0.810. The first-order chi connectivity index (χ1) is 7.49. The molecule has 0 bridgehead atoms. The third kappa shape index (κ3) is 4.16. The van der Waals surface area contributed by atoms with Gasteiger partial charge in [0, 0.05) is 33.6 Å². The van der Waals surface area contributed by atoms with Crippen LogP contribution in [0.15, 0.2) is 0 Å². The van der Waals surface area contributed by atoms with Crippen LogP contribution < -0.4 is 10.6 Å². The molecule has 1 fully saturated rings. The van der Waals surface area contributed by atoms with Crippen molar-refractivity contribution in [2.24, 2.45) is 5.41 Å². The molecule has 1 saturated heterocycles. The summed E-state index contributed by atoms with van der Waals surface area (Å²) in [5, 5.41) is 5.75. The highest BCUT2D eigenvalue weighted by Crippen LogP contribution is 2.26. The van der Waals surface area contributed by atoms with Crippen LogP contribution in [0.3, 0.4) is 0 Å². The number of nitrogens with zero attached hydrogens (tertiary/aromatic N) is 1. The van der Waals surface area contributed by atoms with Crippen LogP contribution in [0.1, 0.15) is 19.8 Å². The van der Waals surface area contributed by atoms with Crippen molar-refractivity contribution in [3.63, 3.8) is 0 Å². The van der Waals surface area contributed by atoms with Crippen LogP contribution in [0.4, 0.5) is 0 Å². The van der Waals surface area contributed by atoms with E-state index >= 15 is 0 Å². The van der Waals surface area contributed by atoms with Gasteiger partial charge in [0.1, 0.15) is 0 Å². The smallest absolute Gasteiger partial charge is 0.229 e. The molecule has 2 N–H and O–H groups in total. The highest BCUT2D eigenvalue weighted by atomic mass is 35.5. The Morgan fingerprint density at radius 1 is 1.47 bits per heavy atom. The van der Waals surface area contributed by atoms with Crippen LogP contribution in [0, 0.1) is 5.41 Å². The van der Waals surface area contributed by atoms with E-state index in [4.69, 9.17) is 0 Å². The van der Waals surface area contributed by atoms with E-state index in [1.165, 1.54) is 0 Å². The molecule has 0 saturated carbocycles. The summed E-state index contributed by atoms with van der Waals surface area (Å²) in [5.74, 6) is 0.0933. The average molecular weight is 264 g/mol. The number of carbonyl (C=O) groups is 2. The van der Waals surface area contributed by atoms with Crippen LogP contribution in [0.5, 0.6) is 0 Å². The molecule has 1 unspecified atom stereocenters. The number of amides is 2. The first-order valence-electron chi connectivity index (χ1n) is 5.66. The Labute approximate surface area is 109 Å². The van der Waals surface area contributed by atoms with E-state index in [-0.39, 0.29) is 29.6 Å². The van der Waals surface area contributed by atoms with Gasteiger partial charge in [0.2, 0.25) is 11.8 Å². The second-order valence-corrected chi connectivity index (χ2v) is 4.64. The molecular weight excluding hydrogens is 242 g/mol. The molecular formula is C11H22ClN3O2. The zero-order valence-electron chi connectivity index (χ0n) is 10.7. The summed E-state index contributed by atoms with van der Waals surface area (Å²) in [5.41, 5.74) is -0.294. The maximum atomic E-state index is 12.1. The average Bonchev–Trinajstić information content (AvgIpc) is 2.72. The molecule has 2 amide bonds. The van der Waals surface area contributed by atoms with E-state index in [0.717, 1.165) is 19.5 Å². The highest BCUT2D eigenvalue weighted by molar-refractivity contribution is 5.85. The quantitative estimate of drug-likeness (QED) is 0.751. The van der Waals surface area contributed by atoms with Crippen molar-refractivity contribution in [2.45, 2.75) is 19.8 Å². The van der Waals surface area contributed by atoms with E-state index < -0.39 is 0 Å². The normalized spacial score (nSPS) is 22.8. The van der Waals surface area contributed by atoms with Gasteiger partial charge in [-0.25, -0.2) is 0 Å². The van der Waals surface area contributed by atoms with Gasteiger partial charge < -0.3 is 15.5 Å². The Bertz CT molecular complexity index is 278. The highest BCUT2D eigenvalue weighted by Gasteiger charge is 2.38. The van der Waals surface area contributed by atoms with Crippen LogP contribution in [0.2, 0.25) is 0 Å². The molecule has 1 aliphatic rings. The van der Waals surface area contributed by atoms with Gasteiger partial charge in [0.05, 0.1) is 5.41 Å². The zero-order chi connectivity index (χ0) is 12.2. The summed E-state index contributed by atoms with van der Waals surface area (Å²) in [6.45, 7) is 4.08. The second-order valence-electron chi connectivity index (χ2n) is 4.64. The van der Waals surface area contributed by atoms with Crippen molar-refractivity contribution in [3.8, 4) is 0 Å². The lowest BCUT2D eigenvalue weighted by Gasteiger charge is -2.28. The summed E-state index contributed by atoms with van der Waals surface area (Å²) >= 11 is 0. The SMILES string of the molecule is CNC(=O)CCN(C)C(=O)C1(C)CCNC1.Cl. The van der Waals surface area contributed by atoms with E-state index in [2.05, 4.69) is 10.6 Å². The lowest BCUT2D eigenvalue weighted by atomic mass is 9.88. The van der Waals surface area contributed by atoms with Crippen molar-refractivity contribution >= 4 is 24.2 Å². The van der Waals surface area contributed by atoms with Gasteiger partial charge in [-0.15, -0.1) is 12.4 Å². The number of nitrogens with one attached hydrogen (secondary N) is 2. The van der Waals surface area contributed by atoms with Gasteiger partial charge in [0.15, 0.2) is 0 Å². The van der Waals surface area contributed by atoms with Crippen molar-refractivity contribution in [1.82, 2.24) is 15.5 Å². The zero-order valence-corrected chi connectivity index (χ0v) is 11.5. The van der Waals surface area contributed by atoms with Gasteiger partial charge in [-0.05, 0) is 19.9 Å². The lowest BCUT2D eigenvalue weighted by molar-refractivity contribution is -0.139. The number of hydrogen-bond acceptors (Lipinski definition) is 3. The first kappa shape index (κ1) is 16.2. The van der Waals surface area contributed by atoms with E-state index in [1.54, 1.807) is 19.0 Å². The third-order valence-electron chi connectivity index (χ3n) is 3.18. The molecule has 0 aromatic rings. The van der Waals surface area contributed by atoms with E-state index in [9.17, 15) is 9.59 Å². The molecule has 1 atom stereocenters. The third-order valence-corrected chi connectivity index (χ3v) is 3.18. The number of rotatable bonds is 4. The molecule has 6 heteroatoms. The lowest BCUT2D eigenvalue weighted by Crippen LogP contribution is -2.42. The number of carbonyl (C=O) groups excluding carboxylic acids is 2. The molecule has 0 aromatic carbocycles. The Morgan fingerprint density at radius 2 is 2.12 bits per heavy atom. The van der Waals surface area contributed by atoms with Crippen molar-refractivity contribution < 1.29 is 9.59 Å². The Morgan fingerprint density at radius 3 is 2.59 bits per heavy atom. The van der Waals surface area contributed by atoms with Crippen LogP contribution >= 0.6 is 12.4 Å². The van der Waals surface area contributed by atoms with Crippen molar-refractivity contribution in [3.05, 3.63) is 0 Å². The standard InChI is InChI=1S/C11H21N3O2.ClH/c1-11(5-6-13-8-11)10(16)14(3)7-4-9(15)12-2;/h13H,4-8H2,1-3H3,(H,12,15);1H. The van der Waals surface area contributed by atoms with Crippen LogP contribution in [0.25, 0.3) is 0 Å². The van der Waals surface area contributed by atoms with Gasteiger partial charge >= 0.3 is 0 Å². The minimum Gasteiger partial charge on any atom is -0.359 e. The van der Waals surface area contributed by atoms with E-state index in [1.807, 2.05) is 6.92 Å². The summed E-state index contributed by atoms with van der Waals surface area (Å²) in [6, 6.07) is 0. The van der Waals surface area contributed by atoms with Crippen molar-refractivity contribution in [2.75, 3.05) is 33.7 Å². The maximum absolute atomic E-state index is 12.1. The minimum absolute atomic E-state index is 0. The Balaban J connectivity index is 0.00000256. The second kappa shape index (κ2) is 6.81. The molecule has 0 spiro atoms. The van der Waals surface area contributed by atoms with E-state index in [0.29, 0.717) is 13.0 Å². The number of halogens is 1. The molecule has 1 rings (SSSR count). The molecule has 0 aliphatic carbocycles. The molecule has 17 heavy (non-hydrogen) atoms. The van der Waals surface area contributed by atoms with Gasteiger partial charge in [-0.3, -0.25) is 9.59 Å². The predicted molar refractivity (Wildman–Crippen MR) is 69.2 cm³/mol. The van der Waals surface area contributed by atoms with Gasteiger partial charge in [0.25, 0.3) is 0 Å². The topological polar surface area (TPSA) is 61.4 Å². The fraction of sp³-hybridized carbons (Fsp3) is 0.818. The largest absolute Gasteiger partial charge is 0.359 e. The molecule has 5 nitrogen and oxygen atoms in total. The van der Waals surface area contributed by atoms with Gasteiger partial charge in [-0.2, -0.15) is 0 Å². The minimum atomic E-state index is -0.294.